The van der Waals surface area contributed by atoms with Crippen molar-refractivity contribution < 1.29 is 13.2 Å². The van der Waals surface area contributed by atoms with E-state index in [9.17, 15) is 13.2 Å². The highest BCUT2D eigenvalue weighted by atomic mass is 32.2. The molecule has 1 saturated heterocycles. The van der Waals surface area contributed by atoms with E-state index in [1.807, 2.05) is 4.90 Å². The lowest BCUT2D eigenvalue weighted by molar-refractivity contribution is 0.0689. The molecule has 0 atom stereocenters. The summed E-state index contributed by atoms with van der Waals surface area (Å²) in [5, 5.41) is 0. The standard InChI is InChI=1S/C20H31N3O3S/c1-21-15-18(27(25,26)22-11-5-6-12-22)13-19(21)20(24)23(17-9-10-17)14-16-7-3-2-4-8-16/h13,15-17H,2-12,14H2,1H3. The molecule has 1 aliphatic heterocycles. The van der Waals surface area contributed by atoms with Crippen molar-refractivity contribution in [3.63, 3.8) is 0 Å². The number of aryl methyl sites for hydroxylation is 1. The number of carbonyl (C=O) groups excluding carboxylic acids is 1. The number of hydrogen-bond acceptors (Lipinski definition) is 3. The molecule has 27 heavy (non-hydrogen) atoms. The van der Waals surface area contributed by atoms with Crippen LogP contribution in [-0.4, -0.2) is 53.8 Å². The van der Waals surface area contributed by atoms with E-state index in [4.69, 9.17) is 0 Å². The van der Waals surface area contributed by atoms with Gasteiger partial charge in [-0.05, 0) is 50.5 Å². The molecule has 7 heteroatoms. The van der Waals surface area contributed by atoms with Crippen molar-refractivity contribution in [3.05, 3.63) is 18.0 Å². The number of hydrogen-bond donors (Lipinski definition) is 0. The lowest BCUT2D eigenvalue weighted by Gasteiger charge is -2.30. The first-order valence-electron chi connectivity index (χ1n) is 10.4. The number of sulfonamides is 1. The van der Waals surface area contributed by atoms with Gasteiger partial charge in [-0.25, -0.2) is 8.42 Å². The van der Waals surface area contributed by atoms with Crippen molar-refractivity contribution >= 4 is 15.9 Å². The van der Waals surface area contributed by atoms with Gasteiger partial charge >= 0.3 is 0 Å². The third-order valence-corrected chi connectivity index (χ3v) is 8.19. The van der Waals surface area contributed by atoms with Crippen LogP contribution >= 0.6 is 0 Å². The van der Waals surface area contributed by atoms with E-state index in [1.54, 1.807) is 23.9 Å². The number of amides is 1. The van der Waals surface area contributed by atoms with Crippen LogP contribution in [0.4, 0.5) is 0 Å². The van der Waals surface area contributed by atoms with Crippen LogP contribution in [0.1, 0.15) is 68.3 Å². The van der Waals surface area contributed by atoms with Crippen molar-refractivity contribution in [2.24, 2.45) is 13.0 Å². The largest absolute Gasteiger partial charge is 0.345 e. The van der Waals surface area contributed by atoms with Crippen molar-refractivity contribution in [1.29, 1.82) is 0 Å². The summed E-state index contributed by atoms with van der Waals surface area (Å²) in [6.07, 6.45) is 11.8. The Morgan fingerprint density at radius 2 is 1.74 bits per heavy atom. The Bertz CT molecular complexity index is 785. The molecule has 150 valence electrons. The van der Waals surface area contributed by atoms with E-state index in [0.717, 1.165) is 32.2 Å². The number of rotatable bonds is 6. The highest BCUT2D eigenvalue weighted by Crippen LogP contribution is 2.33. The van der Waals surface area contributed by atoms with Crippen LogP contribution in [0.2, 0.25) is 0 Å². The molecule has 3 fully saturated rings. The Kier molecular flexibility index (Phi) is 5.34. The fourth-order valence-electron chi connectivity index (χ4n) is 4.54. The molecule has 1 amide bonds. The second-order valence-corrected chi connectivity index (χ2v) is 10.4. The average molecular weight is 394 g/mol. The van der Waals surface area contributed by atoms with Gasteiger partial charge < -0.3 is 9.47 Å². The smallest absolute Gasteiger partial charge is 0.270 e. The number of nitrogens with zero attached hydrogens (tertiary/aromatic N) is 3. The Labute approximate surface area is 162 Å². The Balaban J connectivity index is 1.54. The first-order valence-corrected chi connectivity index (χ1v) is 11.9. The van der Waals surface area contributed by atoms with Crippen LogP contribution in [0.5, 0.6) is 0 Å². The molecule has 0 radical (unpaired) electrons. The maximum absolute atomic E-state index is 13.3. The van der Waals surface area contributed by atoms with E-state index >= 15 is 0 Å². The van der Waals surface area contributed by atoms with Gasteiger partial charge in [0.05, 0.1) is 0 Å². The predicted octanol–water partition coefficient (Wildman–Crippen LogP) is 2.99. The van der Waals surface area contributed by atoms with Crippen LogP contribution < -0.4 is 0 Å². The molecule has 0 spiro atoms. The molecule has 2 heterocycles. The van der Waals surface area contributed by atoms with Gasteiger partial charge in [0.15, 0.2) is 0 Å². The molecular weight excluding hydrogens is 362 g/mol. The Morgan fingerprint density at radius 3 is 2.37 bits per heavy atom. The molecule has 0 bridgehead atoms. The summed E-state index contributed by atoms with van der Waals surface area (Å²) < 4.78 is 28.9. The quantitative estimate of drug-likeness (QED) is 0.746. The maximum Gasteiger partial charge on any atom is 0.270 e. The van der Waals surface area contributed by atoms with Gasteiger partial charge in [0.1, 0.15) is 10.6 Å². The van der Waals surface area contributed by atoms with Gasteiger partial charge in [0.25, 0.3) is 5.91 Å². The van der Waals surface area contributed by atoms with Gasteiger partial charge in [-0.15, -0.1) is 0 Å². The summed E-state index contributed by atoms with van der Waals surface area (Å²) in [6, 6.07) is 1.93. The predicted molar refractivity (Wildman–Crippen MR) is 104 cm³/mol. The van der Waals surface area contributed by atoms with E-state index in [-0.39, 0.29) is 10.8 Å². The normalized spacial score (nSPS) is 22.3. The minimum atomic E-state index is -3.49. The van der Waals surface area contributed by atoms with Gasteiger partial charge in [0.2, 0.25) is 10.0 Å². The molecule has 3 aliphatic rings. The van der Waals surface area contributed by atoms with E-state index < -0.39 is 10.0 Å². The number of aromatic nitrogens is 1. The highest BCUT2D eigenvalue weighted by molar-refractivity contribution is 7.89. The average Bonchev–Trinajstić information content (AvgIpc) is 3.17. The van der Waals surface area contributed by atoms with Crippen molar-refractivity contribution in [3.8, 4) is 0 Å². The van der Waals surface area contributed by atoms with Gasteiger partial charge in [-0.3, -0.25) is 4.79 Å². The summed E-state index contributed by atoms with van der Waals surface area (Å²) in [7, 11) is -1.71. The monoisotopic (exact) mass is 393 g/mol. The lowest BCUT2D eigenvalue weighted by atomic mass is 9.89. The maximum atomic E-state index is 13.3. The van der Waals surface area contributed by atoms with Crippen LogP contribution in [-0.2, 0) is 17.1 Å². The fourth-order valence-corrected chi connectivity index (χ4v) is 6.13. The molecule has 2 aliphatic carbocycles. The summed E-state index contributed by atoms with van der Waals surface area (Å²) in [6.45, 7) is 1.98. The van der Waals surface area contributed by atoms with Crippen molar-refractivity contribution in [2.75, 3.05) is 19.6 Å². The van der Waals surface area contributed by atoms with Crippen LogP contribution in [0.25, 0.3) is 0 Å². The third kappa shape index (κ3) is 3.94. The second kappa shape index (κ2) is 7.59. The minimum absolute atomic E-state index is 0.00607. The molecule has 2 saturated carbocycles. The molecule has 0 N–H and O–H groups in total. The summed E-state index contributed by atoms with van der Waals surface area (Å²) in [5.41, 5.74) is 0.496. The Morgan fingerprint density at radius 1 is 1.07 bits per heavy atom. The topological polar surface area (TPSA) is 62.6 Å². The van der Waals surface area contributed by atoms with E-state index in [2.05, 4.69) is 0 Å². The summed E-state index contributed by atoms with van der Waals surface area (Å²) >= 11 is 0. The number of carbonyl (C=O) groups is 1. The molecule has 1 aromatic heterocycles. The molecule has 6 nitrogen and oxygen atoms in total. The molecule has 0 unspecified atom stereocenters. The van der Waals surface area contributed by atoms with E-state index in [0.29, 0.717) is 30.7 Å². The molecule has 0 aromatic carbocycles. The first-order chi connectivity index (χ1) is 13.0. The summed E-state index contributed by atoms with van der Waals surface area (Å²) in [4.78, 5) is 15.6. The molecule has 1 aromatic rings. The fraction of sp³-hybridized carbons (Fsp3) is 0.750. The molecular formula is C20H31N3O3S. The van der Waals surface area contributed by atoms with Crippen LogP contribution in [0.15, 0.2) is 17.2 Å². The minimum Gasteiger partial charge on any atom is -0.345 e. The van der Waals surface area contributed by atoms with E-state index in [1.165, 1.54) is 36.4 Å². The zero-order valence-electron chi connectivity index (χ0n) is 16.3. The van der Waals surface area contributed by atoms with Gasteiger partial charge in [-0.2, -0.15) is 4.31 Å². The summed E-state index contributed by atoms with van der Waals surface area (Å²) in [5.74, 6) is 0.588. The highest BCUT2D eigenvalue weighted by Gasteiger charge is 2.36. The van der Waals surface area contributed by atoms with Crippen LogP contribution in [0.3, 0.4) is 0 Å². The zero-order chi connectivity index (χ0) is 19.0. The van der Waals surface area contributed by atoms with Crippen LogP contribution in [0, 0.1) is 5.92 Å². The first kappa shape index (κ1) is 19.0. The zero-order valence-corrected chi connectivity index (χ0v) is 17.1. The van der Waals surface area contributed by atoms with Crippen molar-refractivity contribution in [1.82, 2.24) is 13.8 Å². The molecule has 4 rings (SSSR count). The Hall–Kier alpha value is -1.34. The SMILES string of the molecule is Cn1cc(S(=O)(=O)N2CCCC2)cc1C(=O)N(CC1CCCCC1)C1CC1. The van der Waals surface area contributed by atoms with Crippen molar-refractivity contribution in [2.45, 2.75) is 68.7 Å². The van der Waals surface area contributed by atoms with Gasteiger partial charge in [-0.1, -0.05) is 19.3 Å². The third-order valence-electron chi connectivity index (χ3n) is 6.33. The lowest BCUT2D eigenvalue weighted by Crippen LogP contribution is -2.38. The van der Waals surface area contributed by atoms with Gasteiger partial charge in [0, 0.05) is 38.9 Å². The second-order valence-electron chi connectivity index (χ2n) is 8.48.